The van der Waals surface area contributed by atoms with E-state index in [0.29, 0.717) is 40.3 Å². The summed E-state index contributed by atoms with van der Waals surface area (Å²) in [6.07, 6.45) is 8.91. The Balaban J connectivity index is 1.48. The number of nitrogens with zero attached hydrogens (tertiary/aromatic N) is 8. The Kier molecular flexibility index (Phi) is 5.95. The van der Waals surface area contributed by atoms with Crippen LogP contribution in [0.4, 0.5) is 0 Å². The van der Waals surface area contributed by atoms with Crippen LogP contribution in [0.2, 0.25) is 0 Å². The van der Waals surface area contributed by atoms with Gasteiger partial charge in [-0.05, 0) is 25.4 Å². The maximum Gasteiger partial charge on any atom is 0.265 e. The van der Waals surface area contributed by atoms with Crippen LogP contribution in [-0.4, -0.2) is 58.7 Å². The predicted molar refractivity (Wildman–Crippen MR) is 117 cm³/mol. The van der Waals surface area contributed by atoms with Crippen LogP contribution in [-0.2, 0) is 20.1 Å². The van der Waals surface area contributed by atoms with E-state index in [4.69, 9.17) is 4.74 Å². The molecule has 0 N–H and O–H groups in total. The summed E-state index contributed by atoms with van der Waals surface area (Å²) in [6, 6.07) is 0. The molecule has 0 aliphatic carbocycles. The van der Waals surface area contributed by atoms with E-state index in [1.54, 1.807) is 35.8 Å². The average Bonchev–Trinajstić information content (AvgIpc) is 3.37. The monoisotopic (exact) mass is 446 g/mol. The van der Waals surface area contributed by atoms with Gasteiger partial charge in [-0.1, -0.05) is 23.5 Å². The van der Waals surface area contributed by atoms with Crippen molar-refractivity contribution in [2.75, 3.05) is 19.6 Å². The molecule has 0 unspecified atom stereocenters. The molecule has 0 saturated carbocycles. The Hall–Kier alpha value is -2.60. The molecule has 10 nitrogen and oxygen atoms in total. The molecule has 4 heterocycles. The maximum atomic E-state index is 12.5. The number of unbranched alkanes of at least 4 members (excludes halogenated alkanes) is 1. The first-order chi connectivity index (χ1) is 14.6. The average molecular weight is 447 g/mol. The molecule has 4 aromatic heterocycles. The van der Waals surface area contributed by atoms with E-state index >= 15 is 0 Å². The van der Waals surface area contributed by atoms with Gasteiger partial charge < -0.3 is 4.74 Å². The van der Waals surface area contributed by atoms with Crippen LogP contribution >= 0.6 is 23.5 Å². The van der Waals surface area contributed by atoms with Gasteiger partial charge in [-0.3, -0.25) is 9.36 Å². The SMILES string of the molecule is COc1nc(SC)nc2c1cnn2CCCCn1ncc2c(=O)n(C)c(SC)nc21. The standard InChI is InChI=1S/C18H22N8O2S2/c1-24-16(27)12-10-20-26(14(12)22-18(24)30-4)8-6-5-7-25-13-11(9-19-25)15(28-2)23-17(21-13)29-3/h9-10H,5-8H2,1-4H3. The molecule has 0 saturated heterocycles. The first-order valence-corrected chi connectivity index (χ1v) is 11.8. The zero-order valence-corrected chi connectivity index (χ0v) is 18.8. The summed E-state index contributed by atoms with van der Waals surface area (Å²) >= 11 is 2.91. The highest BCUT2D eigenvalue weighted by atomic mass is 32.2. The van der Waals surface area contributed by atoms with Gasteiger partial charge in [-0.25, -0.2) is 19.3 Å². The first-order valence-electron chi connectivity index (χ1n) is 9.35. The molecule has 0 aliphatic rings. The van der Waals surface area contributed by atoms with Gasteiger partial charge in [-0.15, -0.1) is 0 Å². The topological polar surface area (TPSA) is 106 Å². The smallest absolute Gasteiger partial charge is 0.265 e. The number of rotatable bonds is 8. The van der Waals surface area contributed by atoms with Crippen LogP contribution < -0.4 is 10.3 Å². The van der Waals surface area contributed by atoms with Crippen molar-refractivity contribution in [1.29, 1.82) is 0 Å². The van der Waals surface area contributed by atoms with Crippen molar-refractivity contribution in [2.45, 2.75) is 36.2 Å². The molecular formula is C18H22N8O2S2. The lowest BCUT2D eigenvalue weighted by molar-refractivity contribution is 0.398. The quantitative estimate of drug-likeness (QED) is 0.229. The zero-order valence-electron chi connectivity index (χ0n) is 17.2. The fourth-order valence-electron chi connectivity index (χ4n) is 3.27. The van der Waals surface area contributed by atoms with Crippen LogP contribution in [0.25, 0.3) is 22.1 Å². The third-order valence-electron chi connectivity index (χ3n) is 4.82. The van der Waals surface area contributed by atoms with E-state index in [1.807, 2.05) is 17.2 Å². The number of ether oxygens (including phenoxy) is 1. The minimum Gasteiger partial charge on any atom is -0.480 e. The molecular weight excluding hydrogens is 424 g/mol. The molecule has 0 fully saturated rings. The van der Waals surface area contributed by atoms with Gasteiger partial charge in [0.1, 0.15) is 10.8 Å². The Morgan fingerprint density at radius 1 is 0.933 bits per heavy atom. The lowest BCUT2D eigenvalue weighted by Gasteiger charge is -2.07. The van der Waals surface area contributed by atoms with Crippen LogP contribution in [0.3, 0.4) is 0 Å². The molecule has 0 spiro atoms. The van der Waals surface area contributed by atoms with E-state index < -0.39 is 0 Å². The second-order valence-corrected chi connectivity index (χ2v) is 8.15. The second kappa shape index (κ2) is 8.64. The molecule has 0 aliphatic heterocycles. The van der Waals surface area contributed by atoms with Crippen molar-refractivity contribution in [1.82, 2.24) is 39.1 Å². The molecule has 30 heavy (non-hydrogen) atoms. The summed E-state index contributed by atoms with van der Waals surface area (Å²) in [6.45, 7) is 1.38. The number of aromatic nitrogens is 8. The number of fused-ring (bicyclic) bond motifs is 2. The summed E-state index contributed by atoms with van der Waals surface area (Å²) in [4.78, 5) is 26.0. The minimum absolute atomic E-state index is 0.0724. The fraction of sp³-hybridized carbons (Fsp3) is 0.444. The number of thioether (sulfide) groups is 2. The highest BCUT2D eigenvalue weighted by Gasteiger charge is 2.14. The summed E-state index contributed by atoms with van der Waals surface area (Å²) in [5.74, 6) is 0.538. The van der Waals surface area contributed by atoms with E-state index in [2.05, 4.69) is 25.1 Å². The molecule has 0 radical (unpaired) electrons. The number of hydrogen-bond donors (Lipinski definition) is 0. The van der Waals surface area contributed by atoms with Gasteiger partial charge in [0, 0.05) is 20.1 Å². The highest BCUT2D eigenvalue weighted by Crippen LogP contribution is 2.25. The molecule has 0 bridgehead atoms. The van der Waals surface area contributed by atoms with E-state index in [1.165, 1.54) is 23.5 Å². The zero-order chi connectivity index (χ0) is 21.3. The van der Waals surface area contributed by atoms with Crippen molar-refractivity contribution < 1.29 is 4.74 Å². The van der Waals surface area contributed by atoms with Crippen molar-refractivity contribution >= 4 is 45.6 Å². The Labute approximate surface area is 181 Å². The minimum atomic E-state index is -0.0724. The van der Waals surface area contributed by atoms with Crippen molar-refractivity contribution in [3.63, 3.8) is 0 Å². The van der Waals surface area contributed by atoms with E-state index in [-0.39, 0.29) is 5.56 Å². The molecule has 4 aromatic rings. The fourth-order valence-corrected chi connectivity index (χ4v) is 4.16. The Bertz CT molecular complexity index is 1260. The van der Waals surface area contributed by atoms with Gasteiger partial charge in [0.25, 0.3) is 5.56 Å². The van der Waals surface area contributed by atoms with Crippen LogP contribution in [0.5, 0.6) is 5.88 Å². The van der Waals surface area contributed by atoms with Gasteiger partial charge in [-0.2, -0.15) is 15.2 Å². The van der Waals surface area contributed by atoms with Crippen molar-refractivity contribution in [3.05, 3.63) is 22.7 Å². The summed E-state index contributed by atoms with van der Waals surface area (Å²) in [5, 5.41) is 11.5. The number of hydrogen-bond acceptors (Lipinski definition) is 9. The largest absolute Gasteiger partial charge is 0.480 e. The summed E-state index contributed by atoms with van der Waals surface area (Å²) < 4.78 is 10.6. The lowest BCUT2D eigenvalue weighted by atomic mass is 10.3. The first kappa shape index (κ1) is 20.7. The second-order valence-electron chi connectivity index (χ2n) is 6.60. The van der Waals surface area contributed by atoms with Crippen LogP contribution in [0, 0.1) is 0 Å². The van der Waals surface area contributed by atoms with E-state index in [0.717, 1.165) is 23.9 Å². The molecule has 0 amide bonds. The maximum absolute atomic E-state index is 12.5. The normalized spacial score (nSPS) is 11.6. The van der Waals surface area contributed by atoms with Gasteiger partial charge in [0.05, 0.1) is 19.5 Å². The molecule has 4 rings (SSSR count). The predicted octanol–water partition coefficient (Wildman–Crippen LogP) is 2.20. The van der Waals surface area contributed by atoms with Gasteiger partial charge >= 0.3 is 0 Å². The van der Waals surface area contributed by atoms with Gasteiger partial charge in [0.15, 0.2) is 21.6 Å². The van der Waals surface area contributed by atoms with E-state index in [9.17, 15) is 4.79 Å². The Morgan fingerprint density at radius 2 is 1.57 bits per heavy atom. The highest BCUT2D eigenvalue weighted by molar-refractivity contribution is 7.98. The molecule has 0 atom stereocenters. The van der Waals surface area contributed by atoms with Crippen molar-refractivity contribution in [2.24, 2.45) is 7.05 Å². The number of methoxy groups -OCH3 is 1. The summed E-state index contributed by atoms with van der Waals surface area (Å²) in [7, 11) is 3.33. The molecule has 0 aromatic carbocycles. The third-order valence-corrected chi connectivity index (χ3v) is 6.10. The van der Waals surface area contributed by atoms with Crippen molar-refractivity contribution in [3.8, 4) is 5.88 Å². The third kappa shape index (κ3) is 3.65. The van der Waals surface area contributed by atoms with Crippen LogP contribution in [0.15, 0.2) is 27.5 Å². The molecule has 158 valence electrons. The number of aryl methyl sites for hydroxylation is 2. The van der Waals surface area contributed by atoms with Gasteiger partial charge in [0.2, 0.25) is 5.88 Å². The lowest BCUT2D eigenvalue weighted by Crippen LogP contribution is -2.20. The van der Waals surface area contributed by atoms with Crippen LogP contribution in [0.1, 0.15) is 12.8 Å². The molecule has 12 heteroatoms. The summed E-state index contributed by atoms with van der Waals surface area (Å²) in [5.41, 5.74) is 1.33. The Morgan fingerprint density at radius 3 is 2.17 bits per heavy atom.